The summed E-state index contributed by atoms with van der Waals surface area (Å²) in [5.41, 5.74) is 29.1. The molecule has 4 saturated carbocycles. The number of ether oxygens (including phenoxy) is 4. The van der Waals surface area contributed by atoms with Crippen molar-refractivity contribution < 1.29 is 18.9 Å². The molecule has 14 unspecified atom stereocenters. The molecule has 14 atom stereocenters. The van der Waals surface area contributed by atoms with E-state index in [0.717, 1.165) is 57.0 Å². The molecule has 0 radical (unpaired) electrons. The predicted molar refractivity (Wildman–Crippen MR) is 628 cm³/mol. The van der Waals surface area contributed by atoms with Gasteiger partial charge in [0.2, 0.25) is 0 Å². The standard InChI is InChI=1S/C36H59NOSi.C35H57NOSi.C30H47NOSi.C29H45NOSi/c1-13-15-19-36(20-16-14-2)31-23-27(38-10)17-18-28(31)30-22-26-21-25(3)33(29(26)24-32(30)36)39(11,12)37(34(4,5)6)35(7,8)9;1-12-14-20-35(21-15-13-2)30-23-26(37-9)17-18-27(30)29-22-25-16-19-32(28(25)24-31(29)35)38(10,11)36(33(3,4)5)34(6,7)8;1-19-15-20-16-24-22-14-13-21(32-10)17-25(22)30(8,9)26(24)18-23(20)27(19)33(11,12)31(28(2,3)4)29(5,6)7;1-27(2,3)30(28(4,5)6)32(10,11)26-15-12-19-16-23-21-14-13-20(31-9)17-24(21)29(7,8)25(23)18-22(19)26/h17-18,22-26,29,33H,13-16,19-21H2,1-12H3;17-18,22-25,28,32H,12-16,19-21H2,1-11H3;13-14,16-20,23,27H,15H2,1-12H3;13-14,16-19,22,26H,12,15H2,1-11H3. The number of rotatable bonds is 24. The lowest BCUT2D eigenvalue weighted by molar-refractivity contribution is 0.120. The van der Waals surface area contributed by atoms with E-state index in [9.17, 15) is 0 Å². The van der Waals surface area contributed by atoms with Gasteiger partial charge in [0.25, 0.3) is 0 Å². The molecule has 0 N–H and O–H groups in total. The summed E-state index contributed by atoms with van der Waals surface area (Å²) < 4.78 is 34.5. The molecule has 0 amide bonds. The highest BCUT2D eigenvalue weighted by molar-refractivity contribution is 6.78. The van der Waals surface area contributed by atoms with Crippen LogP contribution in [0.25, 0.3) is 22.3 Å². The minimum absolute atomic E-state index is 0.0243. The lowest BCUT2D eigenvalue weighted by Gasteiger charge is -2.57. The van der Waals surface area contributed by atoms with E-state index in [1.54, 1.807) is 58.8 Å². The second-order valence-electron chi connectivity index (χ2n) is 58.3. The highest BCUT2D eigenvalue weighted by atomic mass is 28.3. The van der Waals surface area contributed by atoms with Gasteiger partial charge in [-0.05, 0) is 437 Å². The van der Waals surface area contributed by atoms with Gasteiger partial charge in [0, 0.05) is 66.0 Å². The zero-order valence-corrected chi connectivity index (χ0v) is 104. The lowest BCUT2D eigenvalue weighted by atomic mass is 9.68. The fraction of sp³-hybridized carbons (Fsp3) is 0.692. The minimum atomic E-state index is -1.84. The molecule has 0 aromatic heterocycles. The van der Waals surface area contributed by atoms with Crippen LogP contribution in [0.3, 0.4) is 0 Å². The Labute approximate surface area is 876 Å². The molecular weight excluding hydrogens is 1790 g/mol. The largest absolute Gasteiger partial charge is 0.497 e. The molecule has 12 aliphatic rings. The first-order chi connectivity index (χ1) is 65.5. The zero-order chi connectivity index (χ0) is 106. The average Bonchev–Trinajstić information content (AvgIpc) is 1.55. The Morgan fingerprint density at radius 2 is 0.514 bits per heavy atom. The SMILES string of the molecule is CCCCC1(CCCC)C2=CC3C(C=C2c2ccc(OC)cc21)CC(C)C3[Si](C)(C)N(C(C)(C)C)C(C)(C)C.CCCCC1(CCCC)C2=CC3C(C=C2c2ccc(OC)cc21)CCC3[Si](C)(C)N(C(C)(C)C)C(C)(C)C.COc1ccc2c(c1)C(C)(C)C1=CC3C(C=C12)CC(C)C3[Si](C)(C)N(C(C)(C)C)C(C)(C)C.COc1ccc2c(c1)C(C)(C)C1=CC3C(C=C12)CCC3[Si](C)(C)N(C(C)(C)C)C(C)(C)C. The van der Waals surface area contributed by atoms with E-state index >= 15 is 0 Å². The van der Waals surface area contributed by atoms with Gasteiger partial charge in [-0.3, -0.25) is 0 Å². The van der Waals surface area contributed by atoms with Crippen molar-refractivity contribution in [3.63, 3.8) is 0 Å². The van der Waals surface area contributed by atoms with Crippen LogP contribution in [-0.2, 0) is 21.7 Å². The zero-order valence-electron chi connectivity index (χ0n) is 99.8. The van der Waals surface area contributed by atoms with Gasteiger partial charge in [0.15, 0.2) is 0 Å². The van der Waals surface area contributed by atoms with Gasteiger partial charge >= 0.3 is 0 Å². The molecular formula is C130H208N4O4Si4. The molecule has 12 heteroatoms. The van der Waals surface area contributed by atoms with Crippen LogP contribution in [0.1, 0.15) is 395 Å². The van der Waals surface area contributed by atoms with E-state index in [4.69, 9.17) is 18.9 Å². The van der Waals surface area contributed by atoms with Crippen molar-refractivity contribution in [3.8, 4) is 23.0 Å². The number of fused-ring (bicyclic) bond motifs is 16. The Morgan fingerprint density at radius 1 is 0.289 bits per heavy atom. The summed E-state index contributed by atoms with van der Waals surface area (Å²) in [5, 5.41) is 0. The van der Waals surface area contributed by atoms with Crippen LogP contribution >= 0.6 is 0 Å². The summed E-state index contributed by atoms with van der Waals surface area (Å²) >= 11 is 0. The Bertz CT molecular complexity index is 5400. The van der Waals surface area contributed by atoms with Crippen molar-refractivity contribution in [2.45, 2.75) is 491 Å². The van der Waals surface area contributed by atoms with Crippen molar-refractivity contribution in [2.24, 2.45) is 59.2 Å². The van der Waals surface area contributed by atoms with Gasteiger partial charge < -0.3 is 37.2 Å². The van der Waals surface area contributed by atoms with Crippen LogP contribution in [0.4, 0.5) is 0 Å². The van der Waals surface area contributed by atoms with Gasteiger partial charge in [-0.25, -0.2) is 0 Å². The fourth-order valence-corrected chi connectivity index (χ4v) is 61.5. The van der Waals surface area contributed by atoms with E-state index in [0.29, 0.717) is 47.3 Å². The highest BCUT2D eigenvalue weighted by Crippen LogP contribution is 2.69. The number of hydrogen-bond donors (Lipinski definition) is 0. The second-order valence-corrected chi connectivity index (χ2v) is 76.1. The molecule has 4 fully saturated rings. The Morgan fingerprint density at radius 3 is 0.775 bits per heavy atom. The molecule has 142 heavy (non-hydrogen) atoms. The van der Waals surface area contributed by atoms with Gasteiger partial charge in [-0.1, -0.05) is 259 Å². The normalized spacial score (nSPS) is 26.5. The van der Waals surface area contributed by atoms with E-state index < -0.39 is 32.9 Å². The smallest absolute Gasteiger partial charge is 0.127 e. The third-order valence-electron chi connectivity index (χ3n) is 37.8. The summed E-state index contributed by atoms with van der Waals surface area (Å²) in [6.07, 6.45) is 45.2. The van der Waals surface area contributed by atoms with E-state index in [2.05, 4.69) is 427 Å². The first-order valence-electron chi connectivity index (χ1n) is 57.2. The summed E-state index contributed by atoms with van der Waals surface area (Å²) in [7, 11) is 0.0592. The summed E-state index contributed by atoms with van der Waals surface area (Å²) in [5.74, 6) is 10.7. The van der Waals surface area contributed by atoms with Crippen LogP contribution in [0.2, 0.25) is 74.5 Å². The number of hydrogen-bond acceptors (Lipinski definition) is 8. The topological polar surface area (TPSA) is 49.9 Å². The Kier molecular flexibility index (Phi) is 32.4. The van der Waals surface area contributed by atoms with Crippen LogP contribution in [0, 0.1) is 59.2 Å². The summed E-state index contributed by atoms with van der Waals surface area (Å²) in [6.45, 7) is 104. The lowest BCUT2D eigenvalue weighted by Crippen LogP contribution is -2.67. The number of allylic oxidation sites excluding steroid dienone is 16. The van der Waals surface area contributed by atoms with E-state index in [1.807, 2.05) is 14.2 Å². The molecule has 0 spiro atoms. The monoisotopic (exact) mass is 2000 g/mol. The molecule has 0 heterocycles. The molecule has 4 aromatic rings. The molecule has 12 aliphatic carbocycles. The molecule has 0 bridgehead atoms. The van der Waals surface area contributed by atoms with Crippen LogP contribution in [0.15, 0.2) is 144 Å². The number of nitrogens with zero attached hydrogens (tertiary/aromatic N) is 4. The first kappa shape index (κ1) is 114. The van der Waals surface area contributed by atoms with E-state index in [1.165, 1.54) is 160 Å². The maximum absolute atomic E-state index is 5.80. The quantitative estimate of drug-likeness (QED) is 0.0644. The van der Waals surface area contributed by atoms with Crippen LogP contribution < -0.4 is 18.9 Å². The first-order valence-corrected chi connectivity index (χ1v) is 69.3. The highest BCUT2D eigenvalue weighted by Gasteiger charge is 2.63. The molecule has 0 aliphatic heterocycles. The summed E-state index contributed by atoms with van der Waals surface area (Å²) in [4.78, 5) is 0. The number of benzene rings is 4. The molecule has 8 nitrogen and oxygen atoms in total. The summed E-state index contributed by atoms with van der Waals surface area (Å²) in [6, 6.07) is 27.3. The third kappa shape index (κ3) is 20.7. The van der Waals surface area contributed by atoms with E-state index in [-0.39, 0.29) is 66.0 Å². The van der Waals surface area contributed by atoms with Crippen LogP contribution in [-0.4, -0.2) is 124 Å². The van der Waals surface area contributed by atoms with Crippen molar-refractivity contribution in [2.75, 3.05) is 28.4 Å². The molecule has 788 valence electrons. The maximum Gasteiger partial charge on any atom is 0.127 e. The average molecular weight is 2000 g/mol. The van der Waals surface area contributed by atoms with Crippen molar-refractivity contribution in [3.05, 3.63) is 188 Å². The molecule has 0 saturated heterocycles. The van der Waals surface area contributed by atoms with Crippen LogP contribution in [0.5, 0.6) is 23.0 Å². The Hall–Kier alpha value is -5.29. The van der Waals surface area contributed by atoms with Gasteiger partial charge in [-0.15, -0.1) is 0 Å². The fourth-order valence-electron chi connectivity index (χ4n) is 36.5. The maximum atomic E-state index is 5.80. The van der Waals surface area contributed by atoms with Gasteiger partial charge in [-0.2, -0.15) is 0 Å². The molecule has 16 rings (SSSR count). The molecule has 4 aromatic carbocycles. The number of unbranched alkanes of at least 4 members (excludes halogenated alkanes) is 4. The Balaban J connectivity index is 0.000000160. The van der Waals surface area contributed by atoms with Gasteiger partial charge in [0.1, 0.15) is 55.9 Å². The van der Waals surface area contributed by atoms with Gasteiger partial charge in [0.05, 0.1) is 28.4 Å². The van der Waals surface area contributed by atoms with Crippen molar-refractivity contribution in [1.29, 1.82) is 0 Å². The van der Waals surface area contributed by atoms with Crippen molar-refractivity contribution >= 4 is 55.2 Å². The minimum Gasteiger partial charge on any atom is -0.497 e. The third-order valence-corrected chi connectivity index (χ3v) is 57.9. The van der Waals surface area contributed by atoms with Crippen molar-refractivity contribution in [1.82, 2.24) is 18.3 Å². The predicted octanol–water partition coefficient (Wildman–Crippen LogP) is 36.4. The number of methoxy groups -OCH3 is 4. The second kappa shape index (κ2) is 40.5.